The quantitative estimate of drug-likeness (QED) is 0.502. The summed E-state index contributed by atoms with van der Waals surface area (Å²) in [7, 11) is 0. The zero-order chi connectivity index (χ0) is 8.59. The molecule has 0 aliphatic rings. The van der Waals surface area contributed by atoms with Gasteiger partial charge in [-0.1, -0.05) is 0 Å². The highest BCUT2D eigenvalue weighted by atomic mass is 79.9. The largest absolute Gasteiger partial charge is 0.397 e. The lowest BCUT2D eigenvalue weighted by Gasteiger charge is -2.05. The van der Waals surface area contributed by atoms with Gasteiger partial charge in [0, 0.05) is 8.95 Å². The van der Waals surface area contributed by atoms with Crippen molar-refractivity contribution in [2.24, 2.45) is 0 Å². The Bertz CT molecular complexity index is 271. The van der Waals surface area contributed by atoms with Gasteiger partial charge in [-0.25, -0.2) is 0 Å². The molecule has 0 aromatic heterocycles. The summed E-state index contributed by atoms with van der Waals surface area (Å²) in [6, 6.07) is 1.92. The first-order chi connectivity index (χ1) is 5.04. The van der Waals surface area contributed by atoms with E-state index in [1.54, 1.807) is 0 Å². The maximum absolute atomic E-state index is 5.73. The highest BCUT2D eigenvalue weighted by molar-refractivity contribution is 9.14. The number of hydrogen-bond donors (Lipinski definition) is 1. The molecule has 1 nitrogen and oxygen atoms in total. The highest BCUT2D eigenvalue weighted by Crippen LogP contribution is 2.39. The summed E-state index contributed by atoms with van der Waals surface area (Å²) < 4.78 is 3.61. The maximum atomic E-state index is 5.73. The van der Waals surface area contributed by atoms with Gasteiger partial charge in [0.2, 0.25) is 0 Å². The van der Waals surface area contributed by atoms with Gasteiger partial charge in [0.1, 0.15) is 0 Å². The van der Waals surface area contributed by atoms with Crippen LogP contribution in [0.4, 0.5) is 5.69 Å². The summed E-state index contributed by atoms with van der Waals surface area (Å²) in [6.45, 7) is 0. The first-order valence-corrected chi connectivity index (χ1v) is 5.79. The second-order valence-electron chi connectivity index (χ2n) is 1.88. The standard InChI is InChI=1S/C6H3Br4N/c7-2-1-3(8)5(10)6(11)4(2)9/h1H,11H2. The van der Waals surface area contributed by atoms with Crippen molar-refractivity contribution in [2.75, 3.05) is 5.73 Å². The van der Waals surface area contributed by atoms with Gasteiger partial charge >= 0.3 is 0 Å². The van der Waals surface area contributed by atoms with E-state index in [4.69, 9.17) is 5.73 Å². The monoisotopic (exact) mass is 405 g/mol. The molecule has 11 heavy (non-hydrogen) atoms. The molecule has 2 N–H and O–H groups in total. The van der Waals surface area contributed by atoms with Crippen LogP contribution in [0.5, 0.6) is 0 Å². The van der Waals surface area contributed by atoms with E-state index >= 15 is 0 Å². The van der Waals surface area contributed by atoms with Crippen LogP contribution in [-0.4, -0.2) is 0 Å². The minimum absolute atomic E-state index is 0.686. The van der Waals surface area contributed by atoms with Gasteiger partial charge in [0.25, 0.3) is 0 Å². The normalized spacial score (nSPS) is 10.2. The van der Waals surface area contributed by atoms with Gasteiger partial charge in [-0.05, 0) is 69.8 Å². The zero-order valence-electron chi connectivity index (χ0n) is 5.17. The van der Waals surface area contributed by atoms with E-state index in [9.17, 15) is 0 Å². The van der Waals surface area contributed by atoms with E-state index in [0.29, 0.717) is 5.69 Å². The van der Waals surface area contributed by atoms with Crippen molar-refractivity contribution >= 4 is 69.4 Å². The molecular weight excluding hydrogens is 406 g/mol. The molecule has 0 atom stereocenters. The molecule has 0 heterocycles. The van der Waals surface area contributed by atoms with E-state index in [1.165, 1.54) is 0 Å². The Morgan fingerprint density at radius 3 is 1.64 bits per heavy atom. The lowest BCUT2D eigenvalue weighted by atomic mass is 10.3. The number of hydrogen-bond acceptors (Lipinski definition) is 1. The number of nitrogens with two attached hydrogens (primary N) is 1. The van der Waals surface area contributed by atoms with Crippen LogP contribution in [-0.2, 0) is 0 Å². The molecule has 0 spiro atoms. The van der Waals surface area contributed by atoms with Crippen molar-refractivity contribution in [3.63, 3.8) is 0 Å². The van der Waals surface area contributed by atoms with Crippen molar-refractivity contribution in [3.8, 4) is 0 Å². The lowest BCUT2D eigenvalue weighted by Crippen LogP contribution is -1.89. The van der Waals surface area contributed by atoms with Gasteiger partial charge in [0.15, 0.2) is 0 Å². The Morgan fingerprint density at radius 2 is 1.27 bits per heavy atom. The molecule has 0 saturated carbocycles. The Balaban J connectivity index is 3.46. The SMILES string of the molecule is Nc1c(Br)c(Br)cc(Br)c1Br. The zero-order valence-corrected chi connectivity index (χ0v) is 11.5. The van der Waals surface area contributed by atoms with E-state index in [0.717, 1.165) is 17.9 Å². The third-order valence-electron chi connectivity index (χ3n) is 1.15. The Hall–Kier alpha value is 0.940. The molecule has 0 aliphatic heterocycles. The van der Waals surface area contributed by atoms with Gasteiger partial charge < -0.3 is 5.73 Å². The van der Waals surface area contributed by atoms with Crippen molar-refractivity contribution in [1.29, 1.82) is 0 Å². The van der Waals surface area contributed by atoms with E-state index in [-0.39, 0.29) is 0 Å². The van der Waals surface area contributed by atoms with Crippen molar-refractivity contribution in [3.05, 3.63) is 24.0 Å². The van der Waals surface area contributed by atoms with E-state index in [2.05, 4.69) is 63.7 Å². The van der Waals surface area contributed by atoms with Crippen LogP contribution >= 0.6 is 63.7 Å². The fourth-order valence-corrected chi connectivity index (χ4v) is 2.68. The minimum Gasteiger partial charge on any atom is -0.397 e. The van der Waals surface area contributed by atoms with Crippen molar-refractivity contribution < 1.29 is 0 Å². The van der Waals surface area contributed by atoms with Crippen LogP contribution in [0, 0.1) is 0 Å². The third-order valence-corrected chi connectivity index (χ3v) is 5.17. The Morgan fingerprint density at radius 1 is 0.909 bits per heavy atom. The smallest absolute Gasteiger partial charge is 0.0626 e. The molecule has 0 radical (unpaired) electrons. The number of nitrogen functional groups attached to an aromatic ring is 1. The molecule has 1 aromatic rings. The van der Waals surface area contributed by atoms with Crippen LogP contribution in [0.1, 0.15) is 0 Å². The summed E-state index contributed by atoms with van der Waals surface area (Å²) in [4.78, 5) is 0. The van der Waals surface area contributed by atoms with Crippen molar-refractivity contribution in [2.45, 2.75) is 0 Å². The van der Waals surface area contributed by atoms with Crippen LogP contribution in [0.3, 0.4) is 0 Å². The summed E-state index contributed by atoms with van der Waals surface area (Å²) in [5.41, 5.74) is 6.42. The van der Waals surface area contributed by atoms with Crippen LogP contribution in [0.15, 0.2) is 24.0 Å². The average molecular weight is 409 g/mol. The fourth-order valence-electron chi connectivity index (χ4n) is 0.592. The topological polar surface area (TPSA) is 26.0 Å². The number of benzene rings is 1. The number of rotatable bonds is 0. The number of anilines is 1. The predicted molar refractivity (Wildman–Crippen MR) is 61.7 cm³/mol. The first kappa shape index (κ1) is 10.0. The Kier molecular flexibility index (Phi) is 3.43. The summed E-state index contributed by atoms with van der Waals surface area (Å²) in [5, 5.41) is 0. The predicted octanol–water partition coefficient (Wildman–Crippen LogP) is 4.32. The summed E-state index contributed by atoms with van der Waals surface area (Å²) >= 11 is 13.4. The second-order valence-corrected chi connectivity index (χ2v) is 5.18. The van der Waals surface area contributed by atoms with Gasteiger partial charge in [-0.2, -0.15) is 0 Å². The molecule has 0 bridgehead atoms. The van der Waals surface area contributed by atoms with Crippen LogP contribution in [0.2, 0.25) is 0 Å². The molecular formula is C6H3Br4N. The molecule has 0 fully saturated rings. The van der Waals surface area contributed by atoms with Gasteiger partial charge in [-0.15, -0.1) is 0 Å². The first-order valence-electron chi connectivity index (χ1n) is 2.62. The van der Waals surface area contributed by atoms with Crippen LogP contribution < -0.4 is 5.73 Å². The van der Waals surface area contributed by atoms with Crippen molar-refractivity contribution in [1.82, 2.24) is 0 Å². The van der Waals surface area contributed by atoms with E-state index < -0.39 is 0 Å². The molecule has 0 saturated heterocycles. The second kappa shape index (κ2) is 3.77. The molecule has 0 aliphatic carbocycles. The fraction of sp³-hybridized carbons (Fsp3) is 0. The molecule has 1 aromatic carbocycles. The molecule has 1 rings (SSSR count). The minimum atomic E-state index is 0.686. The van der Waals surface area contributed by atoms with Gasteiger partial charge in [-0.3, -0.25) is 0 Å². The molecule has 0 unspecified atom stereocenters. The highest BCUT2D eigenvalue weighted by Gasteiger charge is 2.08. The molecule has 0 amide bonds. The average Bonchev–Trinajstić information content (AvgIpc) is 1.97. The van der Waals surface area contributed by atoms with Crippen LogP contribution in [0.25, 0.3) is 0 Å². The number of halogens is 4. The summed E-state index contributed by atoms with van der Waals surface area (Å²) in [6.07, 6.45) is 0. The maximum Gasteiger partial charge on any atom is 0.0626 e. The Labute approximate surface area is 98.2 Å². The third kappa shape index (κ3) is 1.99. The van der Waals surface area contributed by atoms with E-state index in [1.807, 2.05) is 6.07 Å². The lowest BCUT2D eigenvalue weighted by molar-refractivity contribution is 1.50. The summed E-state index contributed by atoms with van der Waals surface area (Å²) in [5.74, 6) is 0. The van der Waals surface area contributed by atoms with Gasteiger partial charge in [0.05, 0.1) is 14.6 Å². The molecule has 60 valence electrons. The molecule has 5 heteroatoms.